The number of hydrogen-bond donors (Lipinski definition) is 0. The van der Waals surface area contributed by atoms with Gasteiger partial charge >= 0.3 is 75.4 Å². The first kappa shape index (κ1) is 7.28. The zero-order chi connectivity index (χ0) is 7.84. The third kappa shape index (κ3) is 1.09. The molecule has 1 aromatic rings. The molecule has 0 saturated heterocycles. The van der Waals surface area contributed by atoms with Crippen LogP contribution in [0.5, 0.6) is 0 Å². The van der Waals surface area contributed by atoms with Crippen molar-refractivity contribution in [2.24, 2.45) is 0 Å². The molecular weight excluding hydrogens is 314 g/mol. The summed E-state index contributed by atoms with van der Waals surface area (Å²) in [5.41, 5.74) is 2.71. The zero-order valence-electron chi connectivity index (χ0n) is 6.19. The minimum absolute atomic E-state index is 1.02. The fourth-order valence-corrected chi connectivity index (χ4v) is 2.10. The number of hydrogen-bond acceptors (Lipinski definition) is 2. The van der Waals surface area contributed by atoms with Gasteiger partial charge in [-0.25, -0.2) is 0 Å². The fourth-order valence-electron chi connectivity index (χ4n) is 1.28. The van der Waals surface area contributed by atoms with Gasteiger partial charge in [-0.1, -0.05) is 0 Å². The monoisotopic (exact) mass is 324 g/mol. The van der Waals surface area contributed by atoms with Crippen LogP contribution in [0, 0.1) is 0 Å². The molecule has 2 nitrogen and oxygen atoms in total. The molecule has 0 amide bonds. The van der Waals surface area contributed by atoms with Gasteiger partial charge in [0.05, 0.1) is 0 Å². The Hall–Kier alpha value is -0.384. The Labute approximate surface area is 75.7 Å². The third-order valence-corrected chi connectivity index (χ3v) is 3.51. The maximum atomic E-state index is 4.09. The van der Waals surface area contributed by atoms with Crippen molar-refractivity contribution in [3.05, 3.63) is 29.6 Å². The van der Waals surface area contributed by atoms with E-state index in [4.69, 9.17) is 0 Å². The fraction of sp³-hybridized carbons (Fsp3) is 0.250. The summed E-state index contributed by atoms with van der Waals surface area (Å²) in [6, 6.07) is 2.08. The van der Waals surface area contributed by atoms with Crippen molar-refractivity contribution in [3.8, 4) is 0 Å². The molecule has 0 unspecified atom stereocenters. The summed E-state index contributed by atoms with van der Waals surface area (Å²) in [5.74, 6) is 0. The van der Waals surface area contributed by atoms with Gasteiger partial charge in [0.25, 0.3) is 0 Å². The minimum atomic E-state index is 1.02. The van der Waals surface area contributed by atoms with Crippen LogP contribution in [0.25, 0.3) is 0 Å². The first-order valence-corrected chi connectivity index (χ1v) is 4.71. The van der Waals surface area contributed by atoms with Crippen molar-refractivity contribution in [3.63, 3.8) is 0 Å². The quantitative estimate of drug-likeness (QED) is 0.694. The SMILES string of the molecule is CN1Cc2cnccc2[C]1=[Os]. The van der Waals surface area contributed by atoms with Crippen LogP contribution in [-0.4, -0.2) is 21.1 Å². The van der Waals surface area contributed by atoms with Gasteiger partial charge in [0.15, 0.2) is 0 Å². The Morgan fingerprint density at radius 2 is 2.45 bits per heavy atom. The van der Waals surface area contributed by atoms with Crippen molar-refractivity contribution in [2.45, 2.75) is 6.54 Å². The van der Waals surface area contributed by atoms with Gasteiger partial charge in [0.1, 0.15) is 0 Å². The molecule has 0 spiro atoms. The molecule has 0 radical (unpaired) electrons. The van der Waals surface area contributed by atoms with E-state index in [0.29, 0.717) is 0 Å². The molecule has 11 heavy (non-hydrogen) atoms. The molecule has 1 aliphatic heterocycles. The number of fused-ring (bicyclic) bond motifs is 1. The molecule has 0 aliphatic carbocycles. The molecule has 0 atom stereocenters. The van der Waals surface area contributed by atoms with Crippen LogP contribution in [0.4, 0.5) is 0 Å². The van der Waals surface area contributed by atoms with E-state index in [2.05, 4.69) is 23.0 Å². The summed E-state index contributed by atoms with van der Waals surface area (Å²) in [5, 5.41) is 0. The average molecular weight is 322 g/mol. The number of nitrogens with zero attached hydrogens (tertiary/aromatic N) is 2. The topological polar surface area (TPSA) is 16.1 Å². The van der Waals surface area contributed by atoms with Crippen molar-refractivity contribution < 1.29 is 18.1 Å². The Balaban J connectivity index is 2.55. The van der Waals surface area contributed by atoms with E-state index in [1.807, 2.05) is 30.5 Å². The predicted molar refractivity (Wildman–Crippen MR) is 39.8 cm³/mol. The second-order valence-electron chi connectivity index (χ2n) is 2.67. The first-order valence-electron chi connectivity index (χ1n) is 3.44. The van der Waals surface area contributed by atoms with Crippen LogP contribution in [0.2, 0.25) is 0 Å². The van der Waals surface area contributed by atoms with Crippen LogP contribution < -0.4 is 0 Å². The van der Waals surface area contributed by atoms with Gasteiger partial charge in [0, 0.05) is 0 Å². The normalized spacial score (nSPS) is 17.1. The van der Waals surface area contributed by atoms with Crippen LogP contribution in [0.15, 0.2) is 18.5 Å². The Bertz CT molecular complexity index is 309. The summed E-state index contributed by atoms with van der Waals surface area (Å²) in [7, 11) is 2.11. The van der Waals surface area contributed by atoms with Crippen LogP contribution in [0.1, 0.15) is 11.1 Å². The van der Waals surface area contributed by atoms with Crippen LogP contribution >= 0.6 is 0 Å². The van der Waals surface area contributed by atoms with Crippen molar-refractivity contribution in [2.75, 3.05) is 7.05 Å². The van der Waals surface area contributed by atoms with E-state index < -0.39 is 0 Å². The summed E-state index contributed by atoms with van der Waals surface area (Å²) in [6.07, 6.45) is 3.80. The van der Waals surface area contributed by atoms with E-state index in [-0.39, 0.29) is 0 Å². The molecule has 0 fully saturated rings. The van der Waals surface area contributed by atoms with Crippen molar-refractivity contribution in [1.29, 1.82) is 0 Å². The number of pyridine rings is 1. The second kappa shape index (κ2) is 2.59. The molecule has 0 N–H and O–H groups in total. The predicted octanol–water partition coefficient (Wildman–Crippen LogP) is 0.552. The van der Waals surface area contributed by atoms with Gasteiger partial charge in [-0.05, 0) is 0 Å². The van der Waals surface area contributed by atoms with E-state index in [9.17, 15) is 0 Å². The Kier molecular flexibility index (Phi) is 1.71. The molecule has 2 heterocycles. The summed E-state index contributed by atoms with van der Waals surface area (Å²) in [6.45, 7) is 1.02. The summed E-state index contributed by atoms with van der Waals surface area (Å²) >= 11 is 1.94. The standard InChI is InChI=1S/C8H8N2.Os/c1-10-5-7-2-3-9-4-8(7)6-10;/h2-4H,6H2,1H3;. The first-order chi connectivity index (χ1) is 5.29. The average Bonchev–Trinajstić information content (AvgIpc) is 2.30. The van der Waals surface area contributed by atoms with Gasteiger partial charge < -0.3 is 0 Å². The van der Waals surface area contributed by atoms with E-state index in [1.54, 1.807) is 0 Å². The van der Waals surface area contributed by atoms with E-state index in [1.165, 1.54) is 15.3 Å². The molecule has 1 aliphatic rings. The van der Waals surface area contributed by atoms with Crippen molar-refractivity contribution >= 4 is 4.19 Å². The van der Waals surface area contributed by atoms with Gasteiger partial charge in [-0.3, -0.25) is 0 Å². The van der Waals surface area contributed by atoms with Crippen LogP contribution in [0.3, 0.4) is 0 Å². The molecule has 2 rings (SSSR count). The molecular formula is C8H8N2Os. The zero-order valence-corrected chi connectivity index (χ0v) is 8.73. The molecule has 1 aromatic heterocycles. The van der Waals surface area contributed by atoms with Crippen LogP contribution in [-0.2, 0) is 24.7 Å². The molecule has 0 saturated carbocycles. The molecule has 3 heteroatoms. The Morgan fingerprint density at radius 3 is 3.18 bits per heavy atom. The summed E-state index contributed by atoms with van der Waals surface area (Å²) in [4.78, 5) is 6.34. The van der Waals surface area contributed by atoms with Gasteiger partial charge in [0.2, 0.25) is 0 Å². The van der Waals surface area contributed by atoms with Gasteiger partial charge in [-0.2, -0.15) is 0 Å². The molecule has 0 aromatic carbocycles. The summed E-state index contributed by atoms with van der Waals surface area (Å²) < 4.78 is 1.38. The molecule has 58 valence electrons. The number of aromatic nitrogens is 1. The second-order valence-corrected chi connectivity index (χ2v) is 3.87. The van der Waals surface area contributed by atoms with E-state index in [0.717, 1.165) is 6.54 Å². The van der Waals surface area contributed by atoms with Crippen molar-refractivity contribution in [1.82, 2.24) is 9.88 Å². The van der Waals surface area contributed by atoms with E-state index >= 15 is 0 Å². The van der Waals surface area contributed by atoms with Gasteiger partial charge in [-0.15, -0.1) is 0 Å². The maximum absolute atomic E-state index is 4.09. The number of rotatable bonds is 0. The third-order valence-electron chi connectivity index (χ3n) is 1.85. The Morgan fingerprint density at radius 1 is 1.64 bits per heavy atom. The molecule has 0 bridgehead atoms.